The fourth-order valence-electron chi connectivity index (χ4n) is 2.98. The van der Waals surface area contributed by atoms with Gasteiger partial charge in [0.1, 0.15) is 11.1 Å². The Morgan fingerprint density at radius 1 is 0.516 bits per heavy atom. The Labute approximate surface area is 178 Å². The molecule has 1 heterocycles. The fraction of sp³-hybridized carbons (Fsp3) is 0.750. The molecule has 0 saturated carbocycles. The van der Waals surface area contributed by atoms with E-state index in [1.54, 1.807) is 19.6 Å². The van der Waals surface area contributed by atoms with E-state index in [4.69, 9.17) is 31.5 Å². The minimum atomic E-state index is -1.02. The number of carbonyl (C=O) groups is 4. The Morgan fingerprint density at radius 2 is 0.645 bits per heavy atom. The molecule has 0 atom stereocenters. The Hall–Kier alpha value is -2.97. The average Bonchev–Trinajstić information content (AvgIpc) is 2.63. The van der Waals surface area contributed by atoms with Crippen molar-refractivity contribution in [3.8, 4) is 0 Å². The summed E-state index contributed by atoms with van der Waals surface area (Å²) in [6, 6.07) is 0. The Kier molecular flexibility index (Phi) is 14.3. The maximum Gasteiger partial charge on any atom is 0.317 e. The normalized spacial score (nSPS) is 17.8. The van der Waals surface area contributed by atoms with Crippen molar-refractivity contribution in [3.63, 3.8) is 0 Å². The highest BCUT2D eigenvalue weighted by Gasteiger charge is 2.20. The standard InChI is InChI=1S/C16H28N4O8.H2N3/c21-13(22)9-17-1-2-18(10-14(23)24)5-6-20(12-16(27)28)8-7-19(4-3-17)11-15(25)26;1-3-2/h1-12H2,(H,21,22)(H,23,24)(H,25,26)(H,27,28);1-2H/q;+1. The van der Waals surface area contributed by atoms with E-state index < -0.39 is 23.9 Å². The van der Waals surface area contributed by atoms with Gasteiger partial charge in [-0.25, -0.2) is 0 Å². The van der Waals surface area contributed by atoms with E-state index in [0.29, 0.717) is 52.4 Å². The van der Waals surface area contributed by atoms with Gasteiger partial charge >= 0.3 is 23.9 Å². The van der Waals surface area contributed by atoms with Crippen LogP contribution in [0, 0.1) is 11.1 Å². The number of hydrogen-bond donors (Lipinski definition) is 6. The van der Waals surface area contributed by atoms with Crippen LogP contribution in [0.2, 0.25) is 0 Å². The van der Waals surface area contributed by atoms with Gasteiger partial charge < -0.3 is 20.4 Å². The summed E-state index contributed by atoms with van der Waals surface area (Å²) >= 11 is 0. The quantitative estimate of drug-likeness (QED) is 0.170. The molecule has 31 heavy (non-hydrogen) atoms. The molecule has 0 spiro atoms. The van der Waals surface area contributed by atoms with E-state index in [-0.39, 0.29) is 26.2 Å². The lowest BCUT2D eigenvalue weighted by atomic mass is 10.3. The van der Waals surface area contributed by atoms with Gasteiger partial charge in [0.25, 0.3) is 0 Å². The van der Waals surface area contributed by atoms with Crippen molar-refractivity contribution in [2.24, 2.45) is 0 Å². The van der Waals surface area contributed by atoms with E-state index in [2.05, 4.69) is 0 Å². The lowest BCUT2D eigenvalue weighted by Crippen LogP contribution is -2.49. The number of carboxylic acid groups (broad SMARTS) is 4. The third kappa shape index (κ3) is 15.5. The number of nitrogens with zero attached hydrogens (tertiary/aromatic N) is 5. The van der Waals surface area contributed by atoms with Crippen molar-refractivity contribution >= 4 is 23.9 Å². The summed E-state index contributed by atoms with van der Waals surface area (Å²) in [4.78, 5) is 52.9. The summed E-state index contributed by atoms with van der Waals surface area (Å²) < 4.78 is 0. The lowest BCUT2D eigenvalue weighted by Gasteiger charge is -2.32. The molecule has 0 unspecified atom stereocenters. The second-order valence-electron chi connectivity index (χ2n) is 6.79. The van der Waals surface area contributed by atoms with E-state index >= 15 is 0 Å². The molecule has 15 nitrogen and oxygen atoms in total. The Balaban J connectivity index is 0.00000282. The summed E-state index contributed by atoms with van der Waals surface area (Å²) in [5.41, 5.74) is 11.0. The van der Waals surface area contributed by atoms with Gasteiger partial charge in [0, 0.05) is 52.4 Å². The first-order chi connectivity index (χ1) is 14.6. The van der Waals surface area contributed by atoms with Crippen molar-refractivity contribution in [2.45, 2.75) is 0 Å². The first-order valence-electron chi connectivity index (χ1n) is 9.37. The third-order valence-electron chi connectivity index (χ3n) is 4.37. The maximum atomic E-state index is 11.1. The first kappa shape index (κ1) is 28.0. The highest BCUT2D eigenvalue weighted by Crippen LogP contribution is 2.01. The van der Waals surface area contributed by atoms with Gasteiger partial charge in [0.2, 0.25) is 4.91 Å². The molecule has 0 amide bonds. The Bertz CT molecular complexity index is 529. The van der Waals surface area contributed by atoms with Crippen LogP contribution in [0.25, 0.3) is 0 Å². The number of aliphatic carboxylic acids is 4. The van der Waals surface area contributed by atoms with Gasteiger partial charge in [0.15, 0.2) is 0 Å². The number of rotatable bonds is 8. The predicted molar refractivity (Wildman–Crippen MR) is 104 cm³/mol. The van der Waals surface area contributed by atoms with Crippen molar-refractivity contribution in [2.75, 3.05) is 78.5 Å². The molecule has 15 heteroatoms. The summed E-state index contributed by atoms with van der Waals surface area (Å²) in [7, 11) is 0. The van der Waals surface area contributed by atoms with Crippen LogP contribution in [0.5, 0.6) is 0 Å². The van der Waals surface area contributed by atoms with Gasteiger partial charge in [0.05, 0.1) is 26.2 Å². The Morgan fingerprint density at radius 3 is 0.742 bits per heavy atom. The van der Waals surface area contributed by atoms with Crippen LogP contribution >= 0.6 is 0 Å². The summed E-state index contributed by atoms with van der Waals surface area (Å²) in [6.07, 6.45) is 0. The van der Waals surface area contributed by atoms with Crippen LogP contribution in [-0.4, -0.2) is 142 Å². The molecule has 6 N–H and O–H groups in total. The second-order valence-corrected chi connectivity index (χ2v) is 6.79. The smallest absolute Gasteiger partial charge is 0.317 e. The van der Waals surface area contributed by atoms with Crippen LogP contribution in [0.15, 0.2) is 0 Å². The van der Waals surface area contributed by atoms with Crippen LogP contribution in [-0.2, 0) is 19.2 Å². The summed E-state index contributed by atoms with van der Waals surface area (Å²) in [6.45, 7) is 1.52. The van der Waals surface area contributed by atoms with Gasteiger partial charge in [-0.15, -0.1) is 0 Å². The zero-order chi connectivity index (χ0) is 23.8. The largest absolute Gasteiger partial charge is 0.480 e. The number of carboxylic acids is 4. The zero-order valence-electron chi connectivity index (χ0n) is 17.1. The minimum absolute atomic E-state index is 0.229. The molecule has 0 radical (unpaired) electrons. The van der Waals surface area contributed by atoms with Gasteiger partial charge in [-0.1, -0.05) is 0 Å². The number of hydrogen-bond acceptors (Lipinski definition) is 10. The zero-order valence-corrected chi connectivity index (χ0v) is 17.1. The molecule has 0 bridgehead atoms. The monoisotopic (exact) mass is 448 g/mol. The molecule has 1 aliphatic heterocycles. The van der Waals surface area contributed by atoms with Crippen LogP contribution in [0.1, 0.15) is 0 Å². The summed E-state index contributed by atoms with van der Waals surface area (Å²) in [5, 5.41) is 36.3. The van der Waals surface area contributed by atoms with Crippen molar-refractivity contribution in [3.05, 3.63) is 0 Å². The van der Waals surface area contributed by atoms with Crippen LogP contribution in [0.4, 0.5) is 0 Å². The highest BCUT2D eigenvalue weighted by atomic mass is 16.4. The molecule has 0 aromatic heterocycles. The van der Waals surface area contributed by atoms with E-state index in [1.165, 1.54) is 0 Å². The van der Waals surface area contributed by atoms with Gasteiger partial charge in [-0.3, -0.25) is 38.8 Å². The molecule has 1 aliphatic rings. The molecule has 1 fully saturated rings. The SMILES string of the molecule is N=[N+]=N.O=C(O)CN1CCN(CC(=O)O)CCN(CC(=O)O)CCN(CC(=O)O)CC1. The topological polar surface area (TPSA) is 224 Å². The van der Waals surface area contributed by atoms with Crippen LogP contribution in [0.3, 0.4) is 0 Å². The van der Waals surface area contributed by atoms with E-state index in [1.807, 2.05) is 4.91 Å². The van der Waals surface area contributed by atoms with Crippen molar-refractivity contribution in [1.29, 1.82) is 11.1 Å². The van der Waals surface area contributed by atoms with Crippen molar-refractivity contribution < 1.29 is 39.6 Å². The lowest BCUT2D eigenvalue weighted by molar-refractivity contribution is -0.141. The molecular formula is C16H30N7O8+. The average molecular weight is 448 g/mol. The fourth-order valence-corrected chi connectivity index (χ4v) is 2.98. The minimum Gasteiger partial charge on any atom is -0.480 e. The molecule has 0 aromatic rings. The molecule has 1 rings (SSSR count). The summed E-state index contributed by atoms with van der Waals surface area (Å²) in [5.74, 6) is -4.08. The van der Waals surface area contributed by atoms with Gasteiger partial charge in [-0.05, 0) is 0 Å². The van der Waals surface area contributed by atoms with E-state index in [9.17, 15) is 19.2 Å². The predicted octanol–water partition coefficient (Wildman–Crippen LogP) is -2.34. The molecular weight excluding hydrogens is 418 g/mol. The van der Waals surface area contributed by atoms with Crippen molar-refractivity contribution in [1.82, 2.24) is 24.5 Å². The second kappa shape index (κ2) is 15.8. The highest BCUT2D eigenvalue weighted by molar-refractivity contribution is 5.70. The molecule has 0 aromatic carbocycles. The molecule has 1 saturated heterocycles. The van der Waals surface area contributed by atoms with E-state index in [0.717, 1.165) is 0 Å². The van der Waals surface area contributed by atoms with Crippen LogP contribution < -0.4 is 4.91 Å². The molecule has 0 aliphatic carbocycles. The maximum absolute atomic E-state index is 11.1. The number of nitrogens with one attached hydrogen (secondary N) is 2. The molecule has 176 valence electrons. The van der Waals surface area contributed by atoms with Gasteiger partial charge in [-0.2, -0.15) is 0 Å². The third-order valence-corrected chi connectivity index (χ3v) is 4.37. The first-order valence-corrected chi connectivity index (χ1v) is 9.37.